The van der Waals surface area contributed by atoms with Crippen LogP contribution >= 0.6 is 0 Å². The summed E-state index contributed by atoms with van der Waals surface area (Å²) in [4.78, 5) is 13.0. The Morgan fingerprint density at radius 1 is 0.900 bits per heavy atom. The molecule has 4 bridgehead atoms. The first-order valence-corrected chi connectivity index (χ1v) is 13.0. The Morgan fingerprint density at radius 2 is 1.47 bits per heavy atom. The Morgan fingerprint density at radius 3 is 2.03 bits per heavy atom. The predicted octanol–water partition coefficient (Wildman–Crippen LogP) is 3.27. The zero-order chi connectivity index (χ0) is 20.9. The number of nitrogens with one attached hydrogen (secondary N) is 2. The summed E-state index contributed by atoms with van der Waals surface area (Å²) < 4.78 is 27.3. The minimum atomic E-state index is -3.46. The number of nitrogens with zero attached hydrogens (tertiary/aromatic N) is 1. The van der Waals surface area contributed by atoms with Gasteiger partial charge in [-0.15, -0.1) is 0 Å². The Bertz CT molecular complexity index is 863. The molecule has 2 N–H and O–H groups in total. The summed E-state index contributed by atoms with van der Waals surface area (Å²) in [6.07, 6.45) is 7.86. The molecule has 30 heavy (non-hydrogen) atoms. The van der Waals surface area contributed by atoms with Crippen molar-refractivity contribution < 1.29 is 13.2 Å². The van der Waals surface area contributed by atoms with Gasteiger partial charge in [-0.1, -0.05) is 17.7 Å². The molecule has 6 nitrogen and oxygen atoms in total. The van der Waals surface area contributed by atoms with E-state index in [1.807, 2.05) is 19.1 Å². The highest BCUT2D eigenvalue weighted by Crippen LogP contribution is 2.53. The number of aryl methyl sites for hydroxylation is 1. The lowest BCUT2D eigenvalue weighted by molar-refractivity contribution is -0.00957. The van der Waals surface area contributed by atoms with Gasteiger partial charge in [0.25, 0.3) is 0 Å². The van der Waals surface area contributed by atoms with Crippen molar-refractivity contribution in [1.82, 2.24) is 14.9 Å². The van der Waals surface area contributed by atoms with Crippen LogP contribution in [0, 0.1) is 30.6 Å². The average Bonchev–Trinajstić information content (AvgIpc) is 2.71. The maximum Gasteiger partial charge on any atom is 0.315 e. The first-order valence-electron chi connectivity index (χ1n) is 11.5. The van der Waals surface area contributed by atoms with Crippen molar-refractivity contribution >= 4 is 16.1 Å². The van der Waals surface area contributed by atoms with Gasteiger partial charge in [-0.3, -0.25) is 0 Å². The van der Waals surface area contributed by atoms with Crippen LogP contribution in [0.25, 0.3) is 0 Å². The van der Waals surface area contributed by atoms with Crippen LogP contribution in [-0.4, -0.2) is 43.9 Å². The molecule has 6 rings (SSSR count). The molecule has 1 aromatic carbocycles. The first-order chi connectivity index (χ1) is 14.4. The van der Waals surface area contributed by atoms with E-state index in [0.717, 1.165) is 17.4 Å². The number of sulfonamides is 1. The fourth-order valence-corrected chi connectivity index (χ4v) is 8.11. The van der Waals surface area contributed by atoms with Crippen molar-refractivity contribution in [3.8, 4) is 0 Å². The second-order valence-electron chi connectivity index (χ2n) is 10.1. The van der Waals surface area contributed by atoms with Crippen LogP contribution in [0.1, 0.15) is 50.5 Å². The maximum atomic E-state index is 12.9. The number of rotatable bonds is 4. The van der Waals surface area contributed by atoms with Gasteiger partial charge in [0.05, 0.1) is 4.90 Å². The lowest BCUT2D eigenvalue weighted by Gasteiger charge is -2.54. The van der Waals surface area contributed by atoms with Crippen molar-refractivity contribution in [2.75, 3.05) is 13.1 Å². The molecule has 1 saturated heterocycles. The summed E-state index contributed by atoms with van der Waals surface area (Å²) in [6.45, 7) is 2.83. The molecule has 5 aliphatic rings. The molecule has 0 radical (unpaired) electrons. The van der Waals surface area contributed by atoms with Crippen molar-refractivity contribution in [3.05, 3.63) is 29.8 Å². The van der Waals surface area contributed by atoms with Gasteiger partial charge < -0.3 is 10.6 Å². The number of hydrogen-bond acceptors (Lipinski definition) is 3. The third kappa shape index (κ3) is 3.86. The minimum absolute atomic E-state index is 0.0336. The van der Waals surface area contributed by atoms with Gasteiger partial charge in [0.1, 0.15) is 0 Å². The molecule has 164 valence electrons. The van der Waals surface area contributed by atoms with Gasteiger partial charge >= 0.3 is 6.03 Å². The van der Waals surface area contributed by atoms with Crippen LogP contribution in [0.2, 0.25) is 0 Å². The van der Waals surface area contributed by atoms with E-state index in [1.165, 1.54) is 32.1 Å². The predicted molar refractivity (Wildman–Crippen MR) is 115 cm³/mol. The van der Waals surface area contributed by atoms with Crippen LogP contribution in [0.4, 0.5) is 4.79 Å². The van der Waals surface area contributed by atoms with Gasteiger partial charge in [0, 0.05) is 25.2 Å². The third-order valence-electron chi connectivity index (χ3n) is 7.97. The van der Waals surface area contributed by atoms with E-state index in [-0.39, 0.29) is 12.1 Å². The smallest absolute Gasteiger partial charge is 0.315 e. The Balaban J connectivity index is 1.13. The standard InChI is InChI=1S/C23H33N3O3S/c1-15-2-4-21(5-3-15)30(28,29)26-8-6-20(7-9-26)24-23(27)25-22-18-11-16-10-17(13-18)14-19(22)12-16/h2-5,16-20,22H,6-14H2,1H3,(H2,24,25,27). The highest BCUT2D eigenvalue weighted by Gasteiger charge is 2.48. The minimum Gasteiger partial charge on any atom is -0.335 e. The molecule has 7 heteroatoms. The molecule has 4 saturated carbocycles. The van der Waals surface area contributed by atoms with Crippen molar-refractivity contribution in [2.45, 2.75) is 68.8 Å². The van der Waals surface area contributed by atoms with Crippen molar-refractivity contribution in [1.29, 1.82) is 0 Å². The maximum absolute atomic E-state index is 12.9. The normalized spacial score (nSPS) is 34.1. The van der Waals surface area contributed by atoms with Crippen molar-refractivity contribution in [2.24, 2.45) is 23.7 Å². The van der Waals surface area contributed by atoms with Crippen LogP contribution in [0.15, 0.2) is 29.2 Å². The zero-order valence-corrected chi connectivity index (χ0v) is 18.5. The largest absolute Gasteiger partial charge is 0.335 e. The zero-order valence-electron chi connectivity index (χ0n) is 17.7. The van der Waals surface area contributed by atoms with Gasteiger partial charge in [0.15, 0.2) is 0 Å². The van der Waals surface area contributed by atoms with Gasteiger partial charge in [-0.05, 0) is 87.7 Å². The van der Waals surface area contributed by atoms with Crippen LogP contribution in [-0.2, 0) is 10.0 Å². The second-order valence-corrected chi connectivity index (χ2v) is 12.0. The molecule has 0 atom stereocenters. The summed E-state index contributed by atoms with van der Waals surface area (Å²) >= 11 is 0. The van der Waals surface area contributed by atoms with Crippen LogP contribution in [0.3, 0.4) is 0 Å². The van der Waals surface area contributed by atoms with Gasteiger partial charge in [-0.25, -0.2) is 13.2 Å². The average molecular weight is 432 g/mol. The molecular weight excluding hydrogens is 398 g/mol. The van der Waals surface area contributed by atoms with Crippen LogP contribution in [0.5, 0.6) is 0 Å². The van der Waals surface area contributed by atoms with E-state index in [2.05, 4.69) is 10.6 Å². The monoisotopic (exact) mass is 431 g/mol. The van der Waals surface area contributed by atoms with Crippen molar-refractivity contribution in [3.63, 3.8) is 0 Å². The summed E-state index contributed by atoms with van der Waals surface area (Å²) in [5.41, 5.74) is 1.04. The van der Waals surface area contributed by atoms with Gasteiger partial charge in [-0.2, -0.15) is 4.31 Å². The number of piperidine rings is 1. The molecule has 2 amide bonds. The SMILES string of the molecule is Cc1ccc(S(=O)(=O)N2CCC(NC(=O)NC3C4CC5CC(C4)CC3C5)CC2)cc1. The molecule has 1 aromatic rings. The fraction of sp³-hybridized carbons (Fsp3) is 0.696. The molecule has 0 spiro atoms. The van der Waals surface area contributed by atoms with E-state index in [9.17, 15) is 13.2 Å². The third-order valence-corrected chi connectivity index (χ3v) is 9.89. The van der Waals surface area contributed by atoms with E-state index in [1.54, 1.807) is 16.4 Å². The Kier molecular flexibility index (Phi) is 5.30. The fourth-order valence-electron chi connectivity index (χ4n) is 6.64. The number of urea groups is 1. The topological polar surface area (TPSA) is 78.5 Å². The second kappa shape index (κ2) is 7.83. The highest BCUT2D eigenvalue weighted by molar-refractivity contribution is 7.89. The van der Waals surface area contributed by atoms with E-state index in [4.69, 9.17) is 0 Å². The van der Waals surface area contributed by atoms with E-state index < -0.39 is 10.0 Å². The van der Waals surface area contributed by atoms with Crippen LogP contribution < -0.4 is 10.6 Å². The molecule has 5 fully saturated rings. The lowest BCUT2D eigenvalue weighted by Crippen LogP contribution is -2.58. The molecule has 4 aliphatic carbocycles. The molecule has 1 heterocycles. The lowest BCUT2D eigenvalue weighted by atomic mass is 9.54. The summed E-state index contributed by atoms with van der Waals surface area (Å²) in [7, 11) is -3.46. The van der Waals surface area contributed by atoms with E-state index in [0.29, 0.717) is 48.7 Å². The number of carbonyl (C=O) groups excluding carboxylic acids is 1. The number of amides is 2. The number of benzene rings is 1. The molecular formula is C23H33N3O3S. The summed E-state index contributed by atoms with van der Waals surface area (Å²) in [5.74, 6) is 3.11. The Labute approximate surface area is 179 Å². The molecule has 0 aromatic heterocycles. The number of carbonyl (C=O) groups is 1. The Hall–Kier alpha value is -1.60. The quantitative estimate of drug-likeness (QED) is 0.768. The summed E-state index contributed by atoms with van der Waals surface area (Å²) in [5, 5.41) is 6.43. The first kappa shape index (κ1) is 20.3. The molecule has 1 aliphatic heterocycles. The molecule has 0 unspecified atom stereocenters. The van der Waals surface area contributed by atoms with E-state index >= 15 is 0 Å². The highest BCUT2D eigenvalue weighted by atomic mass is 32.2. The summed E-state index contributed by atoms with van der Waals surface area (Å²) in [6, 6.07) is 7.31. The van der Waals surface area contributed by atoms with Gasteiger partial charge in [0.2, 0.25) is 10.0 Å². The number of hydrogen-bond donors (Lipinski definition) is 2.